The summed E-state index contributed by atoms with van der Waals surface area (Å²) in [4.78, 5) is 46.6. The first-order chi connectivity index (χ1) is 12.2. The predicted molar refractivity (Wildman–Crippen MR) is 94.7 cm³/mol. The molecule has 0 radical (unpaired) electrons. The van der Waals surface area contributed by atoms with Gasteiger partial charge in [-0.15, -0.1) is 0 Å². The smallest absolute Gasteiger partial charge is 0.325 e. The predicted octanol–water partition coefficient (Wildman–Crippen LogP) is -0.336. The molecule has 5 atom stereocenters. The number of carbonyl (C=O) groups excluding carboxylic acids is 3. The minimum atomic E-state index is -0.678. The summed E-state index contributed by atoms with van der Waals surface area (Å²) in [5.41, 5.74) is 0. The van der Waals surface area contributed by atoms with Gasteiger partial charge in [-0.1, -0.05) is 0 Å². The molecule has 0 bridgehead atoms. The number of nitrogens with zero attached hydrogens (tertiary/aromatic N) is 4. The van der Waals surface area contributed by atoms with Crippen LogP contribution in [0.2, 0.25) is 0 Å². The molecule has 2 saturated heterocycles. The Labute approximate surface area is 153 Å². The molecule has 2 fully saturated rings. The van der Waals surface area contributed by atoms with Gasteiger partial charge < -0.3 is 14.5 Å². The average molecular weight is 365 g/mol. The zero-order valence-corrected chi connectivity index (χ0v) is 15.9. The lowest BCUT2D eigenvalue weighted by Gasteiger charge is -2.40. The van der Waals surface area contributed by atoms with Crippen molar-refractivity contribution in [1.82, 2.24) is 20.0 Å². The minimum absolute atomic E-state index is 0.0468. The van der Waals surface area contributed by atoms with Crippen molar-refractivity contribution in [3.63, 3.8) is 0 Å². The van der Waals surface area contributed by atoms with Crippen LogP contribution in [0, 0.1) is 0 Å². The zero-order chi connectivity index (χ0) is 19.2. The van der Waals surface area contributed by atoms with E-state index in [0.29, 0.717) is 12.4 Å². The molecule has 3 aliphatic heterocycles. The Balaban J connectivity index is 1.88. The van der Waals surface area contributed by atoms with Crippen molar-refractivity contribution in [2.45, 2.75) is 58.2 Å². The lowest BCUT2D eigenvalue weighted by atomic mass is 10.1. The molecule has 1 N–H and O–H groups in total. The summed E-state index contributed by atoms with van der Waals surface area (Å²) < 4.78 is 5.77. The number of morpholine rings is 1. The van der Waals surface area contributed by atoms with Crippen LogP contribution in [0.3, 0.4) is 0 Å². The normalized spacial score (nSPS) is 33.7. The quantitative estimate of drug-likeness (QED) is 0.733. The summed E-state index contributed by atoms with van der Waals surface area (Å²) in [6.07, 6.45) is -0.396. The van der Waals surface area contributed by atoms with Gasteiger partial charge >= 0.3 is 6.03 Å². The van der Waals surface area contributed by atoms with Gasteiger partial charge in [0.25, 0.3) is 5.91 Å². The number of urea groups is 1. The summed E-state index contributed by atoms with van der Waals surface area (Å²) in [5.74, 6) is 0.212. The Bertz CT molecular complexity index is 641. The summed E-state index contributed by atoms with van der Waals surface area (Å²) in [5, 5.41) is 2.35. The molecule has 0 saturated carbocycles. The zero-order valence-electron chi connectivity index (χ0n) is 15.9. The SMILES string of the molecule is CC(=O)C(C)N1C(CN2CC(C)OC(C)C2)=NC2C1C(=O)NC(=O)N2C. The molecular weight excluding hydrogens is 338 g/mol. The topological polar surface area (TPSA) is 94.5 Å². The lowest BCUT2D eigenvalue weighted by molar-refractivity contribution is -0.129. The van der Waals surface area contributed by atoms with E-state index in [4.69, 9.17) is 4.74 Å². The molecule has 26 heavy (non-hydrogen) atoms. The molecule has 0 aromatic carbocycles. The first kappa shape index (κ1) is 18.8. The van der Waals surface area contributed by atoms with Gasteiger partial charge in [0.1, 0.15) is 5.84 Å². The molecular formula is C17H27N5O4. The van der Waals surface area contributed by atoms with Crippen molar-refractivity contribution in [2.75, 3.05) is 26.7 Å². The van der Waals surface area contributed by atoms with Crippen molar-refractivity contribution < 1.29 is 19.1 Å². The van der Waals surface area contributed by atoms with Crippen molar-refractivity contribution in [3.8, 4) is 0 Å². The maximum Gasteiger partial charge on any atom is 0.325 e. The van der Waals surface area contributed by atoms with Crippen molar-refractivity contribution >= 4 is 23.6 Å². The maximum absolute atomic E-state index is 12.5. The molecule has 9 heteroatoms. The number of hydrogen-bond donors (Lipinski definition) is 1. The second kappa shape index (κ2) is 6.96. The Morgan fingerprint density at radius 2 is 1.92 bits per heavy atom. The van der Waals surface area contributed by atoms with Gasteiger partial charge in [-0.3, -0.25) is 19.8 Å². The van der Waals surface area contributed by atoms with Gasteiger partial charge in [0, 0.05) is 20.1 Å². The van der Waals surface area contributed by atoms with Gasteiger partial charge in [-0.2, -0.15) is 0 Å². The number of likely N-dealkylation sites (N-methyl/N-ethyl adjacent to an activating group) is 1. The number of ketones is 1. The molecule has 0 spiro atoms. The van der Waals surface area contributed by atoms with Gasteiger partial charge in [0.15, 0.2) is 18.0 Å². The number of rotatable bonds is 4. The first-order valence-electron chi connectivity index (χ1n) is 9.00. The number of amides is 3. The van der Waals surface area contributed by atoms with E-state index in [2.05, 4.69) is 15.2 Å². The Hall–Kier alpha value is -2.00. The van der Waals surface area contributed by atoms with Crippen LogP contribution in [0.5, 0.6) is 0 Å². The van der Waals surface area contributed by atoms with Gasteiger partial charge in [0.2, 0.25) is 0 Å². The van der Waals surface area contributed by atoms with Crippen molar-refractivity contribution in [1.29, 1.82) is 0 Å². The molecule has 3 amide bonds. The van der Waals surface area contributed by atoms with Crippen LogP contribution < -0.4 is 5.32 Å². The van der Waals surface area contributed by atoms with Gasteiger partial charge in [-0.25, -0.2) is 9.79 Å². The summed E-state index contributed by atoms with van der Waals surface area (Å²) in [6.45, 7) is 9.34. The number of nitrogens with one attached hydrogen (secondary N) is 1. The maximum atomic E-state index is 12.5. The van der Waals surface area contributed by atoms with Crippen LogP contribution in [0.1, 0.15) is 27.7 Å². The van der Waals surface area contributed by atoms with E-state index in [-0.39, 0.29) is 18.0 Å². The number of fused-ring (bicyclic) bond motifs is 1. The lowest BCUT2D eigenvalue weighted by Crippen LogP contribution is -2.65. The highest BCUT2D eigenvalue weighted by molar-refractivity contribution is 6.05. The number of imide groups is 1. The third-order valence-electron chi connectivity index (χ3n) is 5.24. The monoisotopic (exact) mass is 365 g/mol. The summed E-state index contributed by atoms with van der Waals surface area (Å²) >= 11 is 0. The Morgan fingerprint density at radius 1 is 1.31 bits per heavy atom. The number of ether oxygens (including phenoxy) is 1. The Kier molecular flexibility index (Phi) is 5.03. The highest BCUT2D eigenvalue weighted by Gasteiger charge is 2.50. The average Bonchev–Trinajstić information content (AvgIpc) is 2.90. The van der Waals surface area contributed by atoms with Crippen LogP contribution >= 0.6 is 0 Å². The fourth-order valence-electron chi connectivity index (χ4n) is 3.94. The second-order valence-electron chi connectivity index (χ2n) is 7.45. The van der Waals surface area contributed by atoms with Crippen molar-refractivity contribution in [3.05, 3.63) is 0 Å². The molecule has 0 aromatic rings. The second-order valence-corrected chi connectivity index (χ2v) is 7.45. The number of hydrogen-bond acceptors (Lipinski definition) is 7. The fraction of sp³-hybridized carbons (Fsp3) is 0.765. The third-order valence-corrected chi connectivity index (χ3v) is 5.24. The van der Waals surface area contributed by atoms with E-state index < -0.39 is 30.2 Å². The molecule has 5 unspecified atom stereocenters. The summed E-state index contributed by atoms with van der Waals surface area (Å²) in [6, 6.07) is -1.64. The number of Topliss-reactive ketones (excluding diaryl/α,β-unsaturated/α-hetero) is 1. The van der Waals surface area contributed by atoms with Gasteiger partial charge in [-0.05, 0) is 27.7 Å². The number of carbonyl (C=O) groups is 3. The molecule has 0 aliphatic carbocycles. The highest BCUT2D eigenvalue weighted by atomic mass is 16.5. The van der Waals surface area contributed by atoms with E-state index >= 15 is 0 Å². The molecule has 9 nitrogen and oxygen atoms in total. The third kappa shape index (κ3) is 3.33. The van der Waals surface area contributed by atoms with Crippen LogP contribution in [-0.4, -0.2) is 95.4 Å². The molecule has 3 rings (SSSR count). The molecule has 144 valence electrons. The first-order valence-corrected chi connectivity index (χ1v) is 9.00. The van der Waals surface area contributed by atoms with Gasteiger partial charge in [0.05, 0.1) is 24.8 Å². The number of amidine groups is 1. The van der Waals surface area contributed by atoms with Crippen LogP contribution in [0.15, 0.2) is 4.99 Å². The standard InChI is InChI=1S/C17H27N5O4/c1-9-6-21(7-10(2)26-9)8-13-18-15-14(22(13)11(3)12(4)23)16(24)19-17(25)20(15)5/h9-11,14-15H,6-8H2,1-5H3,(H,19,24,25). The fourth-order valence-corrected chi connectivity index (χ4v) is 3.94. The van der Waals surface area contributed by atoms with Crippen LogP contribution in [0.25, 0.3) is 0 Å². The van der Waals surface area contributed by atoms with E-state index in [9.17, 15) is 14.4 Å². The number of aliphatic imine (C=N–C) groups is 1. The van der Waals surface area contributed by atoms with Crippen LogP contribution in [0.4, 0.5) is 4.79 Å². The minimum Gasteiger partial charge on any atom is -0.373 e. The molecule has 3 aliphatic rings. The van der Waals surface area contributed by atoms with E-state index in [0.717, 1.165) is 13.1 Å². The van der Waals surface area contributed by atoms with Crippen LogP contribution in [-0.2, 0) is 14.3 Å². The Morgan fingerprint density at radius 3 is 2.50 bits per heavy atom. The largest absolute Gasteiger partial charge is 0.373 e. The molecule has 0 aromatic heterocycles. The van der Waals surface area contributed by atoms with Crippen molar-refractivity contribution in [2.24, 2.45) is 4.99 Å². The van der Waals surface area contributed by atoms with E-state index in [1.54, 1.807) is 18.9 Å². The summed E-state index contributed by atoms with van der Waals surface area (Å²) in [7, 11) is 1.61. The van der Waals surface area contributed by atoms with E-state index in [1.807, 2.05) is 13.8 Å². The highest BCUT2D eigenvalue weighted by Crippen LogP contribution is 2.27. The van der Waals surface area contributed by atoms with E-state index in [1.165, 1.54) is 11.8 Å². The molecule has 3 heterocycles.